The van der Waals surface area contributed by atoms with Crippen LogP contribution in [0.5, 0.6) is 0 Å². The van der Waals surface area contributed by atoms with Crippen LogP contribution in [0.3, 0.4) is 0 Å². The van der Waals surface area contributed by atoms with E-state index in [1.165, 1.54) is 0 Å². The van der Waals surface area contributed by atoms with Crippen LogP contribution in [0, 0.1) is 0 Å². The first kappa shape index (κ1) is 10.2. The summed E-state index contributed by atoms with van der Waals surface area (Å²) >= 11 is 17.9. The van der Waals surface area contributed by atoms with Crippen LogP contribution < -0.4 is 0 Å². The van der Waals surface area contributed by atoms with E-state index in [0.29, 0.717) is 10.1 Å². The lowest BCUT2D eigenvalue weighted by atomic mass is 10.1. The molecule has 0 spiro atoms. The van der Waals surface area contributed by atoms with Crippen molar-refractivity contribution in [1.82, 2.24) is 4.42 Å². The molecule has 0 saturated carbocycles. The highest BCUT2D eigenvalue weighted by atomic mass is 35.5. The highest BCUT2D eigenvalue weighted by Crippen LogP contribution is 2.36. The van der Waals surface area contributed by atoms with Crippen LogP contribution in [-0.2, 0) is 0 Å². The van der Waals surface area contributed by atoms with E-state index in [4.69, 9.17) is 35.0 Å². The maximum absolute atomic E-state index is 6.01. The second kappa shape index (κ2) is 3.49. The molecule has 1 aliphatic heterocycles. The summed E-state index contributed by atoms with van der Waals surface area (Å²) in [5.41, 5.74) is 1.77. The first-order chi connectivity index (χ1) is 5.46. The number of nitrogens with zero attached hydrogens (tertiary/aromatic N) is 1. The van der Waals surface area contributed by atoms with E-state index in [9.17, 15) is 0 Å². The lowest BCUT2D eigenvalue weighted by Crippen LogP contribution is -2.27. The minimum atomic E-state index is 0.0100. The Morgan fingerprint density at radius 3 is 2.25 bits per heavy atom. The molecule has 68 valence electrons. The summed E-state index contributed by atoms with van der Waals surface area (Å²) in [6.45, 7) is 5.71. The molecule has 1 heterocycles. The van der Waals surface area contributed by atoms with Gasteiger partial charge >= 0.3 is 0 Å². The lowest BCUT2D eigenvalue weighted by molar-refractivity contribution is 0.480. The molecular formula is C8H10Cl3N. The second-order valence-corrected chi connectivity index (χ2v) is 4.01. The number of hydrogen-bond donors (Lipinski definition) is 0. The molecule has 1 unspecified atom stereocenters. The van der Waals surface area contributed by atoms with Crippen LogP contribution in [0.25, 0.3) is 0 Å². The Labute approximate surface area is 87.7 Å². The molecular weight excluding hydrogens is 216 g/mol. The molecule has 0 N–H and O–H groups in total. The SMILES string of the molecule is CC1=C(Cl)C(C)N(Cl)C(C)=C1Cl. The van der Waals surface area contributed by atoms with Gasteiger partial charge in [0.1, 0.15) is 0 Å². The molecule has 0 saturated heterocycles. The Balaban J connectivity index is 3.18. The highest BCUT2D eigenvalue weighted by Gasteiger charge is 2.25. The van der Waals surface area contributed by atoms with Crippen molar-refractivity contribution < 1.29 is 0 Å². The first-order valence-electron chi connectivity index (χ1n) is 3.64. The third-order valence-electron chi connectivity index (χ3n) is 2.03. The molecule has 0 radical (unpaired) electrons. The Bertz CT molecular complexity index is 239. The Kier molecular flexibility index (Phi) is 2.97. The summed E-state index contributed by atoms with van der Waals surface area (Å²) in [4.78, 5) is 0. The third-order valence-corrected chi connectivity index (χ3v) is 3.73. The molecule has 0 aromatic rings. The van der Waals surface area contributed by atoms with Crippen molar-refractivity contribution in [3.8, 4) is 0 Å². The van der Waals surface area contributed by atoms with Crippen LogP contribution in [0.15, 0.2) is 21.3 Å². The van der Waals surface area contributed by atoms with E-state index in [0.717, 1.165) is 11.3 Å². The van der Waals surface area contributed by atoms with Gasteiger partial charge in [-0.1, -0.05) is 23.2 Å². The zero-order valence-electron chi connectivity index (χ0n) is 7.16. The number of rotatable bonds is 0. The summed E-state index contributed by atoms with van der Waals surface area (Å²) in [6, 6.07) is 0.0100. The van der Waals surface area contributed by atoms with Crippen molar-refractivity contribution in [2.75, 3.05) is 0 Å². The number of halogens is 3. The van der Waals surface area contributed by atoms with Gasteiger partial charge in [-0.15, -0.1) is 0 Å². The molecule has 1 atom stereocenters. The molecule has 0 aromatic carbocycles. The average molecular weight is 227 g/mol. The third kappa shape index (κ3) is 1.46. The Hall–Kier alpha value is 0.150. The van der Waals surface area contributed by atoms with Gasteiger partial charge in [-0.05, 0) is 26.3 Å². The summed E-state index contributed by atoms with van der Waals surface area (Å²) in [7, 11) is 0. The van der Waals surface area contributed by atoms with Crippen LogP contribution in [0.4, 0.5) is 0 Å². The summed E-state index contributed by atoms with van der Waals surface area (Å²) < 4.78 is 1.55. The van der Waals surface area contributed by atoms with Gasteiger partial charge in [-0.3, -0.25) is 4.42 Å². The Morgan fingerprint density at radius 2 is 1.75 bits per heavy atom. The maximum atomic E-state index is 6.01. The van der Waals surface area contributed by atoms with Crippen molar-refractivity contribution in [1.29, 1.82) is 0 Å². The molecule has 1 rings (SSSR count). The van der Waals surface area contributed by atoms with E-state index in [2.05, 4.69) is 0 Å². The van der Waals surface area contributed by atoms with Crippen LogP contribution in [0.1, 0.15) is 20.8 Å². The molecule has 0 amide bonds. The minimum Gasteiger partial charge on any atom is -0.280 e. The van der Waals surface area contributed by atoms with Gasteiger partial charge in [0.05, 0.1) is 11.1 Å². The molecule has 12 heavy (non-hydrogen) atoms. The van der Waals surface area contributed by atoms with Gasteiger partial charge in [0.25, 0.3) is 0 Å². The van der Waals surface area contributed by atoms with Gasteiger partial charge in [-0.25, -0.2) is 0 Å². The molecule has 0 fully saturated rings. The topological polar surface area (TPSA) is 3.24 Å². The smallest absolute Gasteiger partial charge is 0.0787 e. The predicted octanol–water partition coefficient (Wildman–Crippen LogP) is 3.83. The molecule has 0 aliphatic carbocycles. The first-order valence-corrected chi connectivity index (χ1v) is 4.74. The lowest BCUT2D eigenvalue weighted by Gasteiger charge is -2.30. The van der Waals surface area contributed by atoms with Crippen molar-refractivity contribution in [2.24, 2.45) is 0 Å². The largest absolute Gasteiger partial charge is 0.280 e. The standard InChI is InChI=1S/C8H10Cl3N/c1-4-7(9)5(2)12(11)6(3)8(4)10/h5H,1-3H3. The van der Waals surface area contributed by atoms with E-state index in [1.54, 1.807) is 4.42 Å². The van der Waals surface area contributed by atoms with Gasteiger partial charge in [-0.2, -0.15) is 0 Å². The Morgan fingerprint density at radius 1 is 1.25 bits per heavy atom. The zero-order valence-corrected chi connectivity index (χ0v) is 9.43. The number of allylic oxidation sites excluding steroid dienone is 3. The van der Waals surface area contributed by atoms with E-state index >= 15 is 0 Å². The van der Waals surface area contributed by atoms with E-state index < -0.39 is 0 Å². The van der Waals surface area contributed by atoms with Crippen molar-refractivity contribution >= 4 is 35.0 Å². The molecule has 1 nitrogen and oxygen atoms in total. The fourth-order valence-corrected chi connectivity index (χ4v) is 1.88. The van der Waals surface area contributed by atoms with Gasteiger partial charge in [0.2, 0.25) is 0 Å². The molecule has 4 heteroatoms. The minimum absolute atomic E-state index is 0.0100. The maximum Gasteiger partial charge on any atom is 0.0787 e. The van der Waals surface area contributed by atoms with E-state index in [-0.39, 0.29) is 6.04 Å². The monoisotopic (exact) mass is 225 g/mol. The predicted molar refractivity (Wildman–Crippen MR) is 54.3 cm³/mol. The number of hydrogen-bond acceptors (Lipinski definition) is 1. The van der Waals surface area contributed by atoms with Crippen LogP contribution >= 0.6 is 35.0 Å². The van der Waals surface area contributed by atoms with Gasteiger partial charge in [0, 0.05) is 22.5 Å². The zero-order chi connectivity index (χ0) is 9.46. The van der Waals surface area contributed by atoms with Gasteiger partial charge < -0.3 is 0 Å². The van der Waals surface area contributed by atoms with Crippen LogP contribution in [-0.4, -0.2) is 10.5 Å². The molecule has 0 aromatic heterocycles. The van der Waals surface area contributed by atoms with Crippen LogP contribution in [0.2, 0.25) is 0 Å². The average Bonchev–Trinajstić information content (AvgIpc) is 2.08. The normalized spacial score (nSPS) is 25.5. The summed E-state index contributed by atoms with van der Waals surface area (Å²) in [5.74, 6) is 0. The second-order valence-electron chi connectivity index (χ2n) is 2.86. The van der Waals surface area contributed by atoms with Crippen molar-refractivity contribution in [3.63, 3.8) is 0 Å². The highest BCUT2D eigenvalue weighted by molar-refractivity contribution is 6.37. The fraction of sp³-hybridized carbons (Fsp3) is 0.500. The van der Waals surface area contributed by atoms with Crippen molar-refractivity contribution in [2.45, 2.75) is 26.8 Å². The molecule has 1 aliphatic rings. The van der Waals surface area contributed by atoms with E-state index in [1.807, 2.05) is 20.8 Å². The molecule has 0 bridgehead atoms. The quantitative estimate of drug-likeness (QED) is 0.568. The summed E-state index contributed by atoms with van der Waals surface area (Å²) in [5, 5.41) is 1.36. The van der Waals surface area contributed by atoms with Gasteiger partial charge in [0.15, 0.2) is 0 Å². The summed E-state index contributed by atoms with van der Waals surface area (Å²) in [6.07, 6.45) is 0. The fourth-order valence-electron chi connectivity index (χ4n) is 1.17. The van der Waals surface area contributed by atoms with Crippen molar-refractivity contribution in [3.05, 3.63) is 21.3 Å².